The second-order valence-electron chi connectivity index (χ2n) is 4.69. The van der Waals surface area contributed by atoms with E-state index in [4.69, 9.17) is 0 Å². The number of nitrogens with one attached hydrogen (secondary N) is 1. The molecule has 0 saturated heterocycles. The number of rotatable bonds is 5. The summed E-state index contributed by atoms with van der Waals surface area (Å²) < 4.78 is 3.77. The molecule has 2 aromatic rings. The first-order valence-corrected chi connectivity index (χ1v) is 6.37. The van der Waals surface area contributed by atoms with Crippen LogP contribution in [0.2, 0.25) is 0 Å². The van der Waals surface area contributed by atoms with E-state index in [1.807, 2.05) is 35.0 Å². The van der Waals surface area contributed by atoms with Crippen LogP contribution >= 0.6 is 0 Å². The van der Waals surface area contributed by atoms with Crippen molar-refractivity contribution in [2.24, 2.45) is 7.05 Å². The second-order valence-corrected chi connectivity index (χ2v) is 4.69. The van der Waals surface area contributed by atoms with Crippen molar-refractivity contribution in [2.45, 2.75) is 39.4 Å². The third-order valence-electron chi connectivity index (χ3n) is 3.20. The van der Waals surface area contributed by atoms with E-state index in [9.17, 15) is 0 Å². The highest BCUT2D eigenvalue weighted by atomic mass is 15.3. The van der Waals surface area contributed by atoms with Gasteiger partial charge in [-0.05, 0) is 20.8 Å². The Kier molecular flexibility index (Phi) is 3.81. The summed E-state index contributed by atoms with van der Waals surface area (Å²) in [4.78, 5) is 0. The fourth-order valence-electron chi connectivity index (χ4n) is 2.01. The molecule has 0 radical (unpaired) electrons. The summed E-state index contributed by atoms with van der Waals surface area (Å²) in [6.07, 6.45) is 7.96. The van der Waals surface area contributed by atoms with E-state index in [1.54, 1.807) is 0 Å². The molecule has 98 valence electrons. The summed E-state index contributed by atoms with van der Waals surface area (Å²) in [7, 11) is 1.94. The minimum atomic E-state index is 0.277. The highest BCUT2D eigenvalue weighted by molar-refractivity contribution is 5.13. The van der Waals surface area contributed by atoms with Gasteiger partial charge in [0.05, 0.1) is 12.4 Å². The lowest BCUT2D eigenvalue weighted by Gasteiger charge is -2.17. The van der Waals surface area contributed by atoms with Gasteiger partial charge in [-0.2, -0.15) is 10.2 Å². The lowest BCUT2D eigenvalue weighted by molar-refractivity contribution is 0.494. The van der Waals surface area contributed by atoms with E-state index < -0.39 is 0 Å². The molecule has 2 rings (SSSR count). The Hall–Kier alpha value is -1.62. The van der Waals surface area contributed by atoms with Crippen LogP contribution in [0.4, 0.5) is 0 Å². The molecule has 0 bridgehead atoms. The molecule has 0 aromatic carbocycles. The van der Waals surface area contributed by atoms with Crippen LogP contribution in [0.25, 0.3) is 0 Å². The average molecular weight is 247 g/mol. The van der Waals surface area contributed by atoms with Crippen molar-refractivity contribution < 1.29 is 0 Å². The Morgan fingerprint density at radius 2 is 1.72 bits per heavy atom. The van der Waals surface area contributed by atoms with Gasteiger partial charge in [0, 0.05) is 49.2 Å². The van der Waals surface area contributed by atoms with Crippen molar-refractivity contribution in [1.29, 1.82) is 0 Å². The molecular weight excluding hydrogens is 226 g/mol. The molecule has 2 heterocycles. The van der Waals surface area contributed by atoms with Crippen LogP contribution in [0.15, 0.2) is 24.8 Å². The number of hydrogen-bond acceptors (Lipinski definition) is 3. The molecule has 0 saturated carbocycles. The number of nitrogens with zero attached hydrogens (tertiary/aromatic N) is 4. The number of aromatic nitrogens is 4. The molecule has 2 unspecified atom stereocenters. The molecule has 0 amide bonds. The van der Waals surface area contributed by atoms with Crippen molar-refractivity contribution in [3.8, 4) is 0 Å². The van der Waals surface area contributed by atoms with E-state index in [-0.39, 0.29) is 12.1 Å². The van der Waals surface area contributed by atoms with Crippen LogP contribution in [0, 0.1) is 0 Å². The smallest absolute Gasteiger partial charge is 0.0537 e. The normalized spacial score (nSPS) is 14.7. The molecule has 1 N–H and O–H groups in total. The van der Waals surface area contributed by atoms with E-state index in [0.29, 0.717) is 0 Å². The first-order chi connectivity index (χ1) is 8.60. The quantitative estimate of drug-likeness (QED) is 0.879. The van der Waals surface area contributed by atoms with Gasteiger partial charge in [0.15, 0.2) is 0 Å². The Morgan fingerprint density at radius 1 is 1.11 bits per heavy atom. The van der Waals surface area contributed by atoms with Gasteiger partial charge in [0.1, 0.15) is 0 Å². The van der Waals surface area contributed by atoms with E-state index in [1.165, 1.54) is 11.1 Å². The highest BCUT2D eigenvalue weighted by Crippen LogP contribution is 2.18. The molecule has 0 spiro atoms. The van der Waals surface area contributed by atoms with E-state index >= 15 is 0 Å². The lowest BCUT2D eigenvalue weighted by Crippen LogP contribution is -2.21. The van der Waals surface area contributed by atoms with E-state index in [0.717, 1.165) is 6.54 Å². The zero-order valence-electron chi connectivity index (χ0n) is 11.5. The summed E-state index contributed by atoms with van der Waals surface area (Å²) >= 11 is 0. The van der Waals surface area contributed by atoms with Crippen LogP contribution in [0.3, 0.4) is 0 Å². The minimum Gasteiger partial charge on any atom is -0.303 e. The molecular formula is C13H21N5. The molecule has 2 atom stereocenters. The van der Waals surface area contributed by atoms with Crippen LogP contribution < -0.4 is 5.32 Å². The molecule has 2 aromatic heterocycles. The summed E-state index contributed by atoms with van der Waals surface area (Å²) in [5.41, 5.74) is 2.42. The zero-order valence-corrected chi connectivity index (χ0v) is 11.5. The van der Waals surface area contributed by atoms with Crippen molar-refractivity contribution >= 4 is 0 Å². The van der Waals surface area contributed by atoms with Crippen molar-refractivity contribution in [1.82, 2.24) is 24.9 Å². The second kappa shape index (κ2) is 5.35. The molecule has 0 aliphatic carbocycles. The first-order valence-electron chi connectivity index (χ1n) is 6.37. The Labute approximate surface area is 108 Å². The fraction of sp³-hybridized carbons (Fsp3) is 0.538. The molecule has 5 heteroatoms. The SMILES string of the molecule is CCn1cc(C(C)NC(C)c2cnn(C)c2)cn1. The molecule has 18 heavy (non-hydrogen) atoms. The minimum absolute atomic E-state index is 0.277. The Bertz CT molecular complexity index is 499. The van der Waals surface area contributed by atoms with Crippen LogP contribution in [-0.2, 0) is 13.6 Å². The summed E-state index contributed by atoms with van der Waals surface area (Å²) in [5.74, 6) is 0. The van der Waals surface area contributed by atoms with Gasteiger partial charge >= 0.3 is 0 Å². The van der Waals surface area contributed by atoms with Crippen molar-refractivity contribution in [3.05, 3.63) is 35.9 Å². The summed E-state index contributed by atoms with van der Waals surface area (Å²) in [6, 6.07) is 0.555. The monoisotopic (exact) mass is 247 g/mol. The van der Waals surface area contributed by atoms with Gasteiger partial charge in [0.25, 0.3) is 0 Å². The average Bonchev–Trinajstić information content (AvgIpc) is 2.97. The van der Waals surface area contributed by atoms with Gasteiger partial charge in [0.2, 0.25) is 0 Å². The van der Waals surface area contributed by atoms with Gasteiger partial charge in [-0.1, -0.05) is 0 Å². The Balaban J connectivity index is 2.00. The lowest BCUT2D eigenvalue weighted by atomic mass is 10.1. The molecule has 0 aliphatic heterocycles. The standard InChI is InChI=1S/C13H21N5/c1-5-18-9-13(7-15-18)11(3)16-10(2)12-6-14-17(4)8-12/h6-11,16H,5H2,1-4H3. The third-order valence-corrected chi connectivity index (χ3v) is 3.20. The zero-order chi connectivity index (χ0) is 13.1. The number of aryl methyl sites for hydroxylation is 2. The van der Waals surface area contributed by atoms with Crippen molar-refractivity contribution in [3.63, 3.8) is 0 Å². The maximum atomic E-state index is 4.30. The largest absolute Gasteiger partial charge is 0.303 e. The number of hydrogen-bond donors (Lipinski definition) is 1. The summed E-state index contributed by atoms with van der Waals surface area (Å²) in [5, 5.41) is 12.1. The first kappa shape index (κ1) is 12.8. The van der Waals surface area contributed by atoms with Gasteiger partial charge < -0.3 is 5.32 Å². The third kappa shape index (κ3) is 2.79. The van der Waals surface area contributed by atoms with Crippen LogP contribution in [0.1, 0.15) is 44.0 Å². The molecule has 5 nitrogen and oxygen atoms in total. The topological polar surface area (TPSA) is 47.7 Å². The van der Waals surface area contributed by atoms with Crippen LogP contribution in [0.5, 0.6) is 0 Å². The Morgan fingerprint density at radius 3 is 2.22 bits per heavy atom. The van der Waals surface area contributed by atoms with Crippen LogP contribution in [-0.4, -0.2) is 19.6 Å². The van der Waals surface area contributed by atoms with E-state index in [2.05, 4.69) is 42.5 Å². The maximum absolute atomic E-state index is 4.30. The summed E-state index contributed by atoms with van der Waals surface area (Å²) in [6.45, 7) is 7.31. The van der Waals surface area contributed by atoms with Crippen molar-refractivity contribution in [2.75, 3.05) is 0 Å². The van der Waals surface area contributed by atoms with Gasteiger partial charge in [-0.3, -0.25) is 9.36 Å². The fourth-order valence-corrected chi connectivity index (χ4v) is 2.01. The predicted octanol–water partition coefficient (Wildman–Crippen LogP) is 2.05. The predicted molar refractivity (Wildman–Crippen MR) is 71.1 cm³/mol. The highest BCUT2D eigenvalue weighted by Gasteiger charge is 2.13. The van der Waals surface area contributed by atoms with Gasteiger partial charge in [-0.25, -0.2) is 0 Å². The molecule has 0 aliphatic rings. The maximum Gasteiger partial charge on any atom is 0.0537 e. The molecule has 0 fully saturated rings. The van der Waals surface area contributed by atoms with Gasteiger partial charge in [-0.15, -0.1) is 0 Å².